The van der Waals surface area contributed by atoms with Crippen LogP contribution < -0.4 is 5.32 Å². The molecule has 0 aromatic heterocycles. The summed E-state index contributed by atoms with van der Waals surface area (Å²) in [4.78, 5) is 0. The summed E-state index contributed by atoms with van der Waals surface area (Å²) in [6.45, 7) is 10.4. The van der Waals surface area contributed by atoms with Crippen molar-refractivity contribution in [2.24, 2.45) is 0 Å². The SMILES string of the molecule is C=C(CC)CNCCC(C)c1ccccc1. The molecule has 0 bridgehead atoms. The highest BCUT2D eigenvalue weighted by atomic mass is 14.8. The lowest BCUT2D eigenvalue weighted by Gasteiger charge is -2.12. The Kier molecular flexibility index (Phi) is 5.87. The molecule has 0 saturated carbocycles. The van der Waals surface area contributed by atoms with Gasteiger partial charge in [0.15, 0.2) is 0 Å². The molecule has 88 valence electrons. The highest BCUT2D eigenvalue weighted by Crippen LogP contribution is 2.17. The number of hydrogen-bond donors (Lipinski definition) is 1. The third-order valence-corrected chi connectivity index (χ3v) is 3.00. The summed E-state index contributed by atoms with van der Waals surface area (Å²) in [6, 6.07) is 10.7. The summed E-state index contributed by atoms with van der Waals surface area (Å²) < 4.78 is 0. The molecule has 1 unspecified atom stereocenters. The van der Waals surface area contributed by atoms with Gasteiger partial charge in [-0.05, 0) is 30.9 Å². The fraction of sp³-hybridized carbons (Fsp3) is 0.467. The van der Waals surface area contributed by atoms with E-state index in [1.54, 1.807) is 0 Å². The molecule has 0 aliphatic rings. The molecule has 1 atom stereocenters. The Morgan fingerprint density at radius 3 is 2.62 bits per heavy atom. The second-order valence-corrected chi connectivity index (χ2v) is 4.38. The number of benzene rings is 1. The van der Waals surface area contributed by atoms with Crippen molar-refractivity contribution in [2.45, 2.75) is 32.6 Å². The predicted octanol–water partition coefficient (Wildman–Crippen LogP) is 3.74. The van der Waals surface area contributed by atoms with Crippen molar-refractivity contribution >= 4 is 0 Å². The lowest BCUT2D eigenvalue weighted by atomic mass is 9.98. The summed E-state index contributed by atoms with van der Waals surface area (Å²) in [5.74, 6) is 0.628. The molecule has 1 aromatic carbocycles. The number of nitrogens with one attached hydrogen (secondary N) is 1. The van der Waals surface area contributed by atoms with Crippen LogP contribution in [0.25, 0.3) is 0 Å². The summed E-state index contributed by atoms with van der Waals surface area (Å²) in [5, 5.41) is 3.44. The van der Waals surface area contributed by atoms with Crippen molar-refractivity contribution in [2.75, 3.05) is 13.1 Å². The highest BCUT2D eigenvalue weighted by molar-refractivity contribution is 5.18. The van der Waals surface area contributed by atoms with Gasteiger partial charge in [0, 0.05) is 6.54 Å². The maximum atomic E-state index is 3.99. The molecule has 1 aromatic rings. The van der Waals surface area contributed by atoms with Crippen LogP contribution in [0.3, 0.4) is 0 Å². The molecule has 0 aliphatic carbocycles. The topological polar surface area (TPSA) is 12.0 Å². The summed E-state index contributed by atoms with van der Waals surface area (Å²) in [7, 11) is 0. The number of hydrogen-bond acceptors (Lipinski definition) is 1. The minimum Gasteiger partial charge on any atom is -0.313 e. The summed E-state index contributed by atoms with van der Waals surface area (Å²) >= 11 is 0. The van der Waals surface area contributed by atoms with E-state index in [1.807, 2.05) is 0 Å². The minimum absolute atomic E-state index is 0.628. The lowest BCUT2D eigenvalue weighted by Crippen LogP contribution is -2.19. The quantitative estimate of drug-likeness (QED) is 0.542. The maximum absolute atomic E-state index is 3.99. The summed E-state index contributed by atoms with van der Waals surface area (Å²) in [5.41, 5.74) is 2.71. The van der Waals surface area contributed by atoms with E-state index in [0.717, 1.165) is 19.5 Å². The first kappa shape index (κ1) is 13.0. The number of rotatable bonds is 7. The van der Waals surface area contributed by atoms with Gasteiger partial charge in [-0.1, -0.05) is 56.3 Å². The van der Waals surface area contributed by atoms with Gasteiger partial charge in [0.05, 0.1) is 0 Å². The van der Waals surface area contributed by atoms with Crippen molar-refractivity contribution in [1.82, 2.24) is 5.32 Å². The molecule has 0 spiro atoms. The molecule has 0 heterocycles. The average molecular weight is 217 g/mol. The van der Waals surface area contributed by atoms with E-state index in [1.165, 1.54) is 17.6 Å². The molecule has 16 heavy (non-hydrogen) atoms. The molecule has 0 aliphatic heterocycles. The molecule has 0 amide bonds. The standard InChI is InChI=1S/C15H23N/c1-4-13(2)12-16-11-10-14(3)15-8-6-5-7-9-15/h5-9,14,16H,2,4,10-12H2,1,3H3. The molecular weight excluding hydrogens is 194 g/mol. The van der Waals surface area contributed by atoms with Gasteiger partial charge in [0.1, 0.15) is 0 Å². The van der Waals surface area contributed by atoms with Gasteiger partial charge in [-0.15, -0.1) is 0 Å². The molecule has 1 N–H and O–H groups in total. The monoisotopic (exact) mass is 217 g/mol. The fourth-order valence-electron chi connectivity index (χ4n) is 1.66. The molecule has 1 rings (SSSR count). The predicted molar refractivity (Wildman–Crippen MR) is 71.8 cm³/mol. The van der Waals surface area contributed by atoms with Crippen LogP contribution in [0.1, 0.15) is 38.2 Å². The Morgan fingerprint density at radius 2 is 2.00 bits per heavy atom. The Balaban J connectivity index is 2.21. The van der Waals surface area contributed by atoms with E-state index in [2.05, 4.69) is 56.1 Å². The Morgan fingerprint density at radius 1 is 1.31 bits per heavy atom. The Labute approximate surface area is 99.6 Å². The van der Waals surface area contributed by atoms with Crippen LogP contribution in [0.2, 0.25) is 0 Å². The summed E-state index contributed by atoms with van der Waals surface area (Å²) in [6.07, 6.45) is 2.25. The smallest absolute Gasteiger partial charge is 0.0161 e. The maximum Gasteiger partial charge on any atom is 0.0161 e. The largest absolute Gasteiger partial charge is 0.313 e. The van der Waals surface area contributed by atoms with E-state index in [0.29, 0.717) is 5.92 Å². The van der Waals surface area contributed by atoms with Crippen molar-refractivity contribution in [1.29, 1.82) is 0 Å². The fourth-order valence-corrected chi connectivity index (χ4v) is 1.66. The molecule has 1 nitrogen and oxygen atoms in total. The first-order valence-electron chi connectivity index (χ1n) is 6.16. The van der Waals surface area contributed by atoms with Crippen LogP contribution in [0.5, 0.6) is 0 Å². The van der Waals surface area contributed by atoms with Crippen molar-refractivity contribution < 1.29 is 0 Å². The minimum atomic E-state index is 0.628. The second-order valence-electron chi connectivity index (χ2n) is 4.38. The highest BCUT2D eigenvalue weighted by Gasteiger charge is 2.03. The zero-order chi connectivity index (χ0) is 11.8. The van der Waals surface area contributed by atoms with Gasteiger partial charge in [0.25, 0.3) is 0 Å². The van der Waals surface area contributed by atoms with E-state index in [9.17, 15) is 0 Å². The third kappa shape index (κ3) is 4.63. The third-order valence-electron chi connectivity index (χ3n) is 3.00. The van der Waals surface area contributed by atoms with Crippen molar-refractivity contribution in [3.05, 3.63) is 48.0 Å². The van der Waals surface area contributed by atoms with Crippen LogP contribution in [-0.4, -0.2) is 13.1 Å². The van der Waals surface area contributed by atoms with Gasteiger partial charge in [-0.2, -0.15) is 0 Å². The van der Waals surface area contributed by atoms with Crippen LogP contribution in [0.15, 0.2) is 42.5 Å². The van der Waals surface area contributed by atoms with Gasteiger partial charge >= 0.3 is 0 Å². The van der Waals surface area contributed by atoms with Crippen molar-refractivity contribution in [3.63, 3.8) is 0 Å². The van der Waals surface area contributed by atoms with E-state index < -0.39 is 0 Å². The van der Waals surface area contributed by atoms with Gasteiger partial charge in [-0.25, -0.2) is 0 Å². The zero-order valence-electron chi connectivity index (χ0n) is 10.5. The Hall–Kier alpha value is -1.08. The van der Waals surface area contributed by atoms with Crippen molar-refractivity contribution in [3.8, 4) is 0 Å². The molecule has 1 heteroatoms. The average Bonchev–Trinajstić information content (AvgIpc) is 2.35. The van der Waals surface area contributed by atoms with Gasteiger partial charge < -0.3 is 5.32 Å². The van der Waals surface area contributed by atoms with Crippen LogP contribution >= 0.6 is 0 Å². The lowest BCUT2D eigenvalue weighted by molar-refractivity contribution is 0.611. The van der Waals surface area contributed by atoms with Crippen LogP contribution in [-0.2, 0) is 0 Å². The van der Waals surface area contributed by atoms with E-state index in [4.69, 9.17) is 0 Å². The normalized spacial score (nSPS) is 12.4. The first-order chi connectivity index (χ1) is 7.74. The van der Waals surface area contributed by atoms with Crippen LogP contribution in [0, 0.1) is 0 Å². The van der Waals surface area contributed by atoms with Crippen LogP contribution in [0.4, 0.5) is 0 Å². The van der Waals surface area contributed by atoms with Gasteiger partial charge in [-0.3, -0.25) is 0 Å². The van der Waals surface area contributed by atoms with Gasteiger partial charge in [0.2, 0.25) is 0 Å². The Bertz CT molecular complexity index is 302. The molecule has 0 saturated heterocycles. The molecular formula is C15H23N. The molecule has 0 radical (unpaired) electrons. The van der Waals surface area contributed by atoms with E-state index >= 15 is 0 Å². The zero-order valence-corrected chi connectivity index (χ0v) is 10.5. The van der Waals surface area contributed by atoms with E-state index in [-0.39, 0.29) is 0 Å². The first-order valence-corrected chi connectivity index (χ1v) is 6.16. The molecule has 0 fully saturated rings. The second kappa shape index (κ2) is 7.24.